The molecule has 0 heterocycles. The summed E-state index contributed by atoms with van der Waals surface area (Å²) in [5.74, 6) is -0.929. The van der Waals surface area contributed by atoms with E-state index in [0.717, 1.165) is 103 Å². The highest BCUT2D eigenvalue weighted by Gasteiger charge is 2.19. The first-order chi connectivity index (χ1) is 28.5. The normalized spacial score (nSPS) is 12.7. The predicted octanol–water partition coefficient (Wildman–Crippen LogP) is 15.5. The molecule has 332 valence electrons. The van der Waals surface area contributed by atoms with Crippen molar-refractivity contribution in [2.75, 3.05) is 13.2 Å². The SMILES string of the molecule is CCC\C=C/C=C\C=C/C=C\C=C/CCCCCCCC(=O)OCC(COC(=O)CCCCCC/C=C\CCCC)OC(=O)CCCCCCCCCCCCCC. The molecule has 0 aromatic carbocycles. The number of carbonyl (C=O) groups is 3. The fourth-order valence-corrected chi connectivity index (χ4v) is 6.39. The second-order valence-corrected chi connectivity index (χ2v) is 15.8. The summed E-state index contributed by atoms with van der Waals surface area (Å²) in [6, 6.07) is 0. The van der Waals surface area contributed by atoms with Gasteiger partial charge in [-0.05, 0) is 57.8 Å². The fraction of sp³-hybridized carbons (Fsp3) is 0.712. The summed E-state index contributed by atoms with van der Waals surface area (Å²) in [7, 11) is 0. The van der Waals surface area contributed by atoms with Crippen LogP contribution in [0.25, 0.3) is 0 Å². The number of hydrogen-bond donors (Lipinski definition) is 0. The van der Waals surface area contributed by atoms with Gasteiger partial charge in [0.2, 0.25) is 0 Å². The van der Waals surface area contributed by atoms with Gasteiger partial charge in [-0.2, -0.15) is 0 Å². The highest BCUT2D eigenvalue weighted by atomic mass is 16.6. The van der Waals surface area contributed by atoms with E-state index in [1.54, 1.807) is 0 Å². The van der Waals surface area contributed by atoms with Crippen LogP contribution in [0.3, 0.4) is 0 Å². The van der Waals surface area contributed by atoms with Crippen molar-refractivity contribution in [3.63, 3.8) is 0 Å². The third kappa shape index (κ3) is 44.0. The number of hydrogen-bond acceptors (Lipinski definition) is 6. The number of allylic oxidation sites excluding steroid dienone is 12. The van der Waals surface area contributed by atoms with E-state index in [9.17, 15) is 14.4 Å². The van der Waals surface area contributed by atoms with Gasteiger partial charge in [0.1, 0.15) is 13.2 Å². The Kier molecular flexibility index (Phi) is 44.0. The minimum absolute atomic E-state index is 0.0891. The zero-order valence-corrected chi connectivity index (χ0v) is 37.8. The summed E-state index contributed by atoms with van der Waals surface area (Å²) in [4.78, 5) is 37.8. The van der Waals surface area contributed by atoms with Crippen LogP contribution in [0.2, 0.25) is 0 Å². The maximum Gasteiger partial charge on any atom is 0.306 e. The standard InChI is InChI=1S/C52H88O6/c1-4-7-10-13-16-19-22-24-25-26-27-28-29-31-33-36-39-42-45-51(54)57-48-49(47-56-50(53)44-41-38-35-32-21-18-15-12-9-6-3)58-52(55)46-43-40-37-34-30-23-20-17-14-11-8-5-2/h10,13,15-16,18-19,22,24-28,49H,4-9,11-12,14,17,20-21,23,29-48H2,1-3H3/b13-10-,18-15-,19-16-,24-22-,26-25-,28-27-. The summed E-state index contributed by atoms with van der Waals surface area (Å²) >= 11 is 0. The van der Waals surface area contributed by atoms with Crippen molar-refractivity contribution in [3.8, 4) is 0 Å². The number of esters is 3. The van der Waals surface area contributed by atoms with Crippen molar-refractivity contribution in [1.82, 2.24) is 0 Å². The van der Waals surface area contributed by atoms with Gasteiger partial charge >= 0.3 is 17.9 Å². The van der Waals surface area contributed by atoms with Gasteiger partial charge in [0.05, 0.1) is 0 Å². The first-order valence-electron chi connectivity index (χ1n) is 24.0. The Morgan fingerprint density at radius 3 is 1.14 bits per heavy atom. The van der Waals surface area contributed by atoms with Crippen molar-refractivity contribution in [1.29, 1.82) is 0 Å². The van der Waals surface area contributed by atoms with Gasteiger partial charge in [-0.25, -0.2) is 0 Å². The second kappa shape index (κ2) is 46.5. The molecule has 0 aromatic rings. The van der Waals surface area contributed by atoms with Gasteiger partial charge in [-0.1, -0.05) is 216 Å². The lowest BCUT2D eigenvalue weighted by Gasteiger charge is -2.18. The molecular formula is C52H88O6. The number of ether oxygens (including phenoxy) is 3. The van der Waals surface area contributed by atoms with Crippen LogP contribution in [0.4, 0.5) is 0 Å². The maximum absolute atomic E-state index is 12.7. The molecule has 0 aliphatic carbocycles. The molecule has 1 atom stereocenters. The van der Waals surface area contributed by atoms with E-state index in [1.165, 1.54) is 77.0 Å². The lowest BCUT2D eigenvalue weighted by molar-refractivity contribution is -0.167. The summed E-state index contributed by atoms with van der Waals surface area (Å²) < 4.78 is 16.7. The lowest BCUT2D eigenvalue weighted by atomic mass is 10.0. The van der Waals surface area contributed by atoms with Gasteiger partial charge in [-0.3, -0.25) is 14.4 Å². The van der Waals surface area contributed by atoms with Crippen molar-refractivity contribution in [2.45, 2.75) is 226 Å². The first-order valence-corrected chi connectivity index (χ1v) is 24.0. The van der Waals surface area contributed by atoms with Crippen LogP contribution in [-0.4, -0.2) is 37.2 Å². The van der Waals surface area contributed by atoms with Gasteiger partial charge < -0.3 is 14.2 Å². The van der Waals surface area contributed by atoms with Gasteiger partial charge in [0, 0.05) is 19.3 Å². The monoisotopic (exact) mass is 809 g/mol. The van der Waals surface area contributed by atoms with Crippen molar-refractivity contribution < 1.29 is 28.6 Å². The number of unbranched alkanes of at least 4 members (excludes halogenated alkanes) is 23. The van der Waals surface area contributed by atoms with Gasteiger partial charge in [0.15, 0.2) is 6.10 Å². The second-order valence-electron chi connectivity index (χ2n) is 15.8. The largest absolute Gasteiger partial charge is 0.462 e. The third-order valence-corrected chi connectivity index (χ3v) is 10.0. The third-order valence-electron chi connectivity index (χ3n) is 10.0. The molecule has 6 nitrogen and oxygen atoms in total. The van der Waals surface area contributed by atoms with E-state index in [2.05, 4.69) is 69.4 Å². The van der Waals surface area contributed by atoms with Gasteiger partial charge in [0.25, 0.3) is 0 Å². The molecule has 0 aromatic heterocycles. The smallest absolute Gasteiger partial charge is 0.306 e. The van der Waals surface area contributed by atoms with Crippen LogP contribution in [-0.2, 0) is 28.6 Å². The minimum atomic E-state index is -0.786. The molecule has 0 saturated heterocycles. The average molecular weight is 809 g/mol. The molecule has 0 aliphatic heterocycles. The Labute approximate surface area is 357 Å². The van der Waals surface area contributed by atoms with E-state index >= 15 is 0 Å². The topological polar surface area (TPSA) is 78.9 Å². The summed E-state index contributed by atoms with van der Waals surface area (Å²) in [6.07, 6.45) is 57.3. The molecule has 0 radical (unpaired) electrons. The number of carbonyl (C=O) groups excluding carboxylic acids is 3. The molecule has 58 heavy (non-hydrogen) atoms. The van der Waals surface area contributed by atoms with Crippen molar-refractivity contribution in [2.24, 2.45) is 0 Å². The van der Waals surface area contributed by atoms with E-state index < -0.39 is 6.10 Å². The highest BCUT2D eigenvalue weighted by Crippen LogP contribution is 2.14. The minimum Gasteiger partial charge on any atom is -0.462 e. The van der Waals surface area contributed by atoms with Crippen LogP contribution in [0, 0.1) is 0 Å². The lowest BCUT2D eigenvalue weighted by Crippen LogP contribution is -2.30. The van der Waals surface area contributed by atoms with E-state index in [1.807, 2.05) is 24.3 Å². The average Bonchev–Trinajstić information content (AvgIpc) is 3.22. The van der Waals surface area contributed by atoms with Crippen LogP contribution in [0.5, 0.6) is 0 Å². The van der Waals surface area contributed by atoms with Crippen molar-refractivity contribution >= 4 is 17.9 Å². The Hall–Kier alpha value is -3.15. The Morgan fingerprint density at radius 2 is 0.690 bits per heavy atom. The molecule has 0 fully saturated rings. The summed E-state index contributed by atoms with van der Waals surface area (Å²) in [5.41, 5.74) is 0. The quantitative estimate of drug-likeness (QED) is 0.0201. The van der Waals surface area contributed by atoms with Crippen LogP contribution < -0.4 is 0 Å². The van der Waals surface area contributed by atoms with Crippen LogP contribution >= 0.6 is 0 Å². The molecule has 0 saturated carbocycles. The summed E-state index contributed by atoms with van der Waals surface area (Å²) in [6.45, 7) is 6.46. The molecule has 0 spiro atoms. The molecule has 0 aliphatic rings. The van der Waals surface area contributed by atoms with Crippen molar-refractivity contribution in [3.05, 3.63) is 72.9 Å². The molecule has 1 unspecified atom stereocenters. The molecule has 0 amide bonds. The van der Waals surface area contributed by atoms with Gasteiger partial charge in [-0.15, -0.1) is 0 Å². The maximum atomic E-state index is 12.7. The Morgan fingerprint density at radius 1 is 0.345 bits per heavy atom. The van der Waals surface area contributed by atoms with E-state index in [0.29, 0.717) is 19.3 Å². The Bertz CT molecular complexity index is 1110. The molecule has 0 N–H and O–H groups in total. The van der Waals surface area contributed by atoms with E-state index in [4.69, 9.17) is 14.2 Å². The van der Waals surface area contributed by atoms with Crippen LogP contribution in [0.1, 0.15) is 220 Å². The number of rotatable bonds is 42. The zero-order chi connectivity index (χ0) is 42.3. The van der Waals surface area contributed by atoms with Crippen LogP contribution in [0.15, 0.2) is 72.9 Å². The fourth-order valence-electron chi connectivity index (χ4n) is 6.39. The Balaban J connectivity index is 4.42. The molecular weight excluding hydrogens is 721 g/mol. The zero-order valence-electron chi connectivity index (χ0n) is 37.8. The molecule has 6 heteroatoms. The summed E-state index contributed by atoms with van der Waals surface area (Å²) in [5, 5.41) is 0. The predicted molar refractivity (Wildman–Crippen MR) is 247 cm³/mol. The first kappa shape index (κ1) is 54.9. The molecule has 0 bridgehead atoms. The van der Waals surface area contributed by atoms with E-state index in [-0.39, 0.29) is 31.1 Å². The molecule has 0 rings (SSSR count). The highest BCUT2D eigenvalue weighted by molar-refractivity contribution is 5.71.